The summed E-state index contributed by atoms with van der Waals surface area (Å²) in [5, 5.41) is 2.47. The minimum atomic E-state index is 0.328. The summed E-state index contributed by atoms with van der Waals surface area (Å²) >= 11 is 2.83. The Balaban J connectivity index is 1.76. The van der Waals surface area contributed by atoms with Gasteiger partial charge in [0.1, 0.15) is 0 Å². The molecule has 4 aromatic rings. The molecule has 2 heterocycles. The van der Waals surface area contributed by atoms with E-state index in [0.29, 0.717) is 21.1 Å². The Labute approximate surface area is 160 Å². The SMILES string of the molecule is Ic1c(-c2ccccc2)[se]c2c1COc1c-2ccc2ccccc12. The van der Waals surface area contributed by atoms with Crippen molar-refractivity contribution in [1.29, 1.82) is 0 Å². The van der Waals surface area contributed by atoms with Crippen molar-refractivity contribution in [1.82, 2.24) is 0 Å². The van der Waals surface area contributed by atoms with Gasteiger partial charge in [0, 0.05) is 0 Å². The van der Waals surface area contributed by atoms with E-state index in [2.05, 4.69) is 89.3 Å². The molecule has 1 aromatic heterocycles. The molecule has 0 amide bonds. The predicted molar refractivity (Wildman–Crippen MR) is 109 cm³/mol. The van der Waals surface area contributed by atoms with Crippen molar-refractivity contribution in [3.05, 3.63) is 75.9 Å². The summed E-state index contributed by atoms with van der Waals surface area (Å²) < 4.78 is 10.6. The monoisotopic (exact) mass is 488 g/mol. The third-order valence-corrected chi connectivity index (χ3v) is 9.23. The molecule has 0 unspecified atom stereocenters. The van der Waals surface area contributed by atoms with Crippen LogP contribution in [0.3, 0.4) is 0 Å². The normalized spacial score (nSPS) is 12.5. The summed E-state index contributed by atoms with van der Waals surface area (Å²) in [4.78, 5) is 0. The first kappa shape index (κ1) is 14.8. The summed E-state index contributed by atoms with van der Waals surface area (Å²) in [5.41, 5.74) is 4.02. The number of halogens is 1. The van der Waals surface area contributed by atoms with Gasteiger partial charge in [0.2, 0.25) is 0 Å². The zero-order valence-corrected chi connectivity index (χ0v) is 16.6. The molecule has 0 radical (unpaired) electrons. The molecule has 0 bridgehead atoms. The van der Waals surface area contributed by atoms with Crippen LogP contribution in [-0.4, -0.2) is 14.5 Å². The van der Waals surface area contributed by atoms with Crippen molar-refractivity contribution in [3.63, 3.8) is 0 Å². The Hall–Kier alpha value is -1.55. The Morgan fingerprint density at radius 2 is 1.62 bits per heavy atom. The number of hydrogen-bond donors (Lipinski definition) is 0. The summed E-state index contributed by atoms with van der Waals surface area (Å²) in [6, 6.07) is 23.7. The van der Waals surface area contributed by atoms with E-state index in [4.69, 9.17) is 4.74 Å². The van der Waals surface area contributed by atoms with Gasteiger partial charge in [0.15, 0.2) is 0 Å². The van der Waals surface area contributed by atoms with E-state index < -0.39 is 0 Å². The topological polar surface area (TPSA) is 9.23 Å². The molecule has 1 aliphatic heterocycles. The number of hydrogen-bond acceptors (Lipinski definition) is 1. The molecule has 116 valence electrons. The van der Waals surface area contributed by atoms with Gasteiger partial charge in [-0.05, 0) is 0 Å². The first-order valence-corrected chi connectivity index (χ1v) is 10.6. The second-order valence-corrected chi connectivity index (χ2v) is 9.09. The summed E-state index contributed by atoms with van der Waals surface area (Å²) in [5.74, 6) is 1.06. The van der Waals surface area contributed by atoms with Gasteiger partial charge in [-0.1, -0.05) is 0 Å². The van der Waals surface area contributed by atoms with E-state index in [0.717, 1.165) is 5.75 Å². The molecule has 5 rings (SSSR count). The maximum atomic E-state index is 6.22. The average Bonchev–Trinajstić information content (AvgIpc) is 2.99. The second kappa shape index (κ2) is 5.76. The zero-order chi connectivity index (χ0) is 16.1. The minimum absolute atomic E-state index is 0.328. The van der Waals surface area contributed by atoms with Crippen LogP contribution in [0.1, 0.15) is 5.56 Å². The molecule has 0 N–H and O–H groups in total. The Bertz CT molecular complexity index is 1070. The van der Waals surface area contributed by atoms with E-state index in [-0.39, 0.29) is 0 Å². The molecule has 3 heteroatoms. The Morgan fingerprint density at radius 1 is 0.833 bits per heavy atom. The van der Waals surface area contributed by atoms with Gasteiger partial charge in [0.25, 0.3) is 0 Å². The molecule has 0 aliphatic carbocycles. The molecule has 0 atom stereocenters. The number of fused-ring (bicyclic) bond motifs is 5. The fourth-order valence-electron chi connectivity index (χ4n) is 3.29. The van der Waals surface area contributed by atoms with Gasteiger partial charge in [0.05, 0.1) is 0 Å². The molecule has 0 saturated carbocycles. The van der Waals surface area contributed by atoms with Gasteiger partial charge < -0.3 is 0 Å². The predicted octanol–water partition coefficient (Wildman–Crippen LogP) is 5.73. The van der Waals surface area contributed by atoms with Crippen LogP contribution in [0.2, 0.25) is 0 Å². The third kappa shape index (κ3) is 2.19. The van der Waals surface area contributed by atoms with E-state index in [1.165, 1.54) is 39.9 Å². The molecular weight excluding hydrogens is 474 g/mol. The molecule has 0 saturated heterocycles. The molecular formula is C21H13IOSe. The van der Waals surface area contributed by atoms with Crippen LogP contribution in [0.15, 0.2) is 66.7 Å². The van der Waals surface area contributed by atoms with Crippen molar-refractivity contribution in [2.45, 2.75) is 6.61 Å². The van der Waals surface area contributed by atoms with Crippen molar-refractivity contribution >= 4 is 47.9 Å². The van der Waals surface area contributed by atoms with Gasteiger partial charge in [-0.25, -0.2) is 0 Å². The fourth-order valence-corrected chi connectivity index (χ4v) is 7.58. The fraction of sp³-hybridized carbons (Fsp3) is 0.0476. The Morgan fingerprint density at radius 3 is 2.50 bits per heavy atom. The number of benzene rings is 3. The van der Waals surface area contributed by atoms with Gasteiger partial charge >= 0.3 is 161 Å². The first-order valence-electron chi connectivity index (χ1n) is 7.84. The molecule has 0 spiro atoms. The molecule has 1 nitrogen and oxygen atoms in total. The van der Waals surface area contributed by atoms with Gasteiger partial charge in [-0.15, -0.1) is 0 Å². The van der Waals surface area contributed by atoms with Crippen LogP contribution in [0.25, 0.3) is 30.8 Å². The van der Waals surface area contributed by atoms with E-state index in [1.807, 2.05) is 0 Å². The molecule has 24 heavy (non-hydrogen) atoms. The van der Waals surface area contributed by atoms with Crippen molar-refractivity contribution in [2.75, 3.05) is 0 Å². The Kier molecular flexibility index (Phi) is 3.55. The molecule has 3 aromatic carbocycles. The maximum absolute atomic E-state index is 6.22. The van der Waals surface area contributed by atoms with Crippen LogP contribution in [0.4, 0.5) is 0 Å². The van der Waals surface area contributed by atoms with E-state index >= 15 is 0 Å². The van der Waals surface area contributed by atoms with Crippen LogP contribution >= 0.6 is 22.6 Å². The standard InChI is InChI=1S/C21H13IOSe/c22-18-17-12-23-19-15-9-5-4-6-13(15)10-11-16(19)21(17)24-20(18)14-7-2-1-3-8-14/h1-11H,12H2. The molecule has 1 aliphatic rings. The van der Waals surface area contributed by atoms with Crippen molar-refractivity contribution < 1.29 is 4.74 Å². The third-order valence-electron chi connectivity index (χ3n) is 4.46. The van der Waals surface area contributed by atoms with Crippen LogP contribution in [0.5, 0.6) is 5.75 Å². The zero-order valence-electron chi connectivity index (χ0n) is 12.8. The second-order valence-electron chi connectivity index (χ2n) is 5.87. The number of rotatable bonds is 1. The summed E-state index contributed by atoms with van der Waals surface area (Å²) in [6.45, 7) is 0.687. The average molecular weight is 487 g/mol. The van der Waals surface area contributed by atoms with Crippen LogP contribution in [-0.2, 0) is 6.61 Å². The first-order chi connectivity index (χ1) is 11.8. The van der Waals surface area contributed by atoms with Crippen molar-refractivity contribution in [3.8, 4) is 25.8 Å². The number of ether oxygens (including phenoxy) is 1. The summed E-state index contributed by atoms with van der Waals surface area (Å²) in [6.07, 6.45) is 0. The van der Waals surface area contributed by atoms with Gasteiger partial charge in [-0.3, -0.25) is 0 Å². The van der Waals surface area contributed by atoms with Crippen LogP contribution < -0.4 is 4.74 Å². The van der Waals surface area contributed by atoms with E-state index in [9.17, 15) is 0 Å². The van der Waals surface area contributed by atoms with Crippen molar-refractivity contribution in [2.24, 2.45) is 0 Å². The quantitative estimate of drug-likeness (QED) is 0.246. The van der Waals surface area contributed by atoms with Crippen LogP contribution in [0, 0.1) is 3.57 Å². The van der Waals surface area contributed by atoms with E-state index in [1.54, 1.807) is 0 Å². The summed E-state index contributed by atoms with van der Waals surface area (Å²) in [7, 11) is 0. The molecule has 0 fully saturated rings. The van der Waals surface area contributed by atoms with Gasteiger partial charge in [-0.2, -0.15) is 0 Å².